The number of piperidine rings is 1. The minimum absolute atomic E-state index is 0.134. The Kier molecular flexibility index (Phi) is 3.72. The van der Waals surface area contributed by atoms with Crippen molar-refractivity contribution in [2.24, 2.45) is 0 Å². The van der Waals surface area contributed by atoms with Gasteiger partial charge in [-0.2, -0.15) is 4.72 Å². The number of nitrogens with one attached hydrogen (secondary N) is 2. The fraction of sp³-hybridized carbons (Fsp3) is 0.364. The Labute approximate surface area is 110 Å². The molecule has 0 bridgehead atoms. The molecule has 0 radical (unpaired) electrons. The third-order valence-corrected chi connectivity index (χ3v) is 4.31. The number of carbonyl (C=O) groups excluding carboxylic acids is 1. The largest absolute Gasteiger partial charge is 0.399 e. The Hall–Kier alpha value is -1.67. The zero-order chi connectivity index (χ0) is 14.0. The van der Waals surface area contributed by atoms with Gasteiger partial charge in [-0.15, -0.1) is 0 Å². The quantitative estimate of drug-likeness (QED) is 0.679. The average molecular weight is 287 g/mol. The lowest BCUT2D eigenvalue weighted by molar-refractivity contribution is -0.124. The summed E-state index contributed by atoms with van der Waals surface area (Å²) in [6.07, 6.45) is 1.05. The van der Waals surface area contributed by atoms with Crippen LogP contribution in [0.25, 0.3) is 0 Å². The fourth-order valence-electron chi connectivity index (χ4n) is 1.86. The topological polar surface area (TPSA) is 101 Å². The molecule has 1 aliphatic rings. The molecule has 1 fully saturated rings. The molecule has 1 aromatic carbocycles. The van der Waals surface area contributed by atoms with Crippen LogP contribution in [0.4, 0.5) is 10.1 Å². The Balaban J connectivity index is 2.27. The summed E-state index contributed by atoms with van der Waals surface area (Å²) >= 11 is 0. The van der Waals surface area contributed by atoms with E-state index in [1.54, 1.807) is 0 Å². The van der Waals surface area contributed by atoms with Gasteiger partial charge in [0.1, 0.15) is 16.8 Å². The Morgan fingerprint density at radius 1 is 1.42 bits per heavy atom. The maximum absolute atomic E-state index is 13.5. The van der Waals surface area contributed by atoms with Gasteiger partial charge in [0, 0.05) is 12.2 Å². The lowest BCUT2D eigenvalue weighted by Gasteiger charge is -2.22. The SMILES string of the molecule is Nc1ccc(F)c(S(=O)(=O)NC2CCCNC2=O)c1. The fourth-order valence-corrected chi connectivity index (χ4v) is 3.20. The van der Waals surface area contributed by atoms with Crippen LogP contribution >= 0.6 is 0 Å². The third kappa shape index (κ3) is 3.02. The van der Waals surface area contributed by atoms with Gasteiger partial charge in [0.05, 0.1) is 0 Å². The molecule has 19 heavy (non-hydrogen) atoms. The van der Waals surface area contributed by atoms with E-state index in [-0.39, 0.29) is 5.69 Å². The van der Waals surface area contributed by atoms with Crippen LogP contribution < -0.4 is 15.8 Å². The van der Waals surface area contributed by atoms with Crippen molar-refractivity contribution in [1.82, 2.24) is 10.0 Å². The molecule has 104 valence electrons. The van der Waals surface area contributed by atoms with E-state index in [9.17, 15) is 17.6 Å². The monoisotopic (exact) mass is 287 g/mol. The summed E-state index contributed by atoms with van der Waals surface area (Å²) in [6.45, 7) is 0.518. The summed E-state index contributed by atoms with van der Waals surface area (Å²) in [5, 5.41) is 2.55. The van der Waals surface area contributed by atoms with Crippen LogP contribution in [0.2, 0.25) is 0 Å². The Bertz CT molecular complexity index is 603. The van der Waals surface area contributed by atoms with Crippen LogP contribution in [0.5, 0.6) is 0 Å². The van der Waals surface area contributed by atoms with Gasteiger partial charge < -0.3 is 11.1 Å². The number of hydrogen-bond acceptors (Lipinski definition) is 4. The summed E-state index contributed by atoms with van der Waals surface area (Å²) in [6, 6.07) is 2.39. The highest BCUT2D eigenvalue weighted by molar-refractivity contribution is 7.89. The summed E-state index contributed by atoms with van der Waals surface area (Å²) < 4.78 is 39.8. The number of anilines is 1. The van der Waals surface area contributed by atoms with E-state index in [2.05, 4.69) is 10.0 Å². The van der Waals surface area contributed by atoms with Crippen LogP contribution in [0, 0.1) is 5.82 Å². The molecule has 0 aromatic heterocycles. The van der Waals surface area contributed by atoms with E-state index in [0.717, 1.165) is 12.1 Å². The highest BCUT2D eigenvalue weighted by Gasteiger charge is 2.29. The number of hydrogen-bond donors (Lipinski definition) is 3. The van der Waals surface area contributed by atoms with Gasteiger partial charge >= 0.3 is 0 Å². The second-order valence-electron chi connectivity index (χ2n) is 4.30. The summed E-state index contributed by atoms with van der Waals surface area (Å²) in [7, 11) is -4.11. The van der Waals surface area contributed by atoms with Crippen molar-refractivity contribution in [3.8, 4) is 0 Å². The number of nitrogen functional groups attached to an aromatic ring is 1. The minimum atomic E-state index is -4.11. The van der Waals surface area contributed by atoms with E-state index in [1.807, 2.05) is 0 Å². The standard InChI is InChI=1S/C11H14FN3O3S/c12-8-4-3-7(13)6-10(8)19(17,18)15-9-2-1-5-14-11(9)16/h3-4,6,9,15H,1-2,5,13H2,(H,14,16). The van der Waals surface area contributed by atoms with E-state index in [0.29, 0.717) is 19.4 Å². The molecule has 1 aliphatic heterocycles. The normalized spacial score (nSPS) is 20.1. The van der Waals surface area contributed by atoms with Crippen LogP contribution in [0.3, 0.4) is 0 Å². The van der Waals surface area contributed by atoms with Crippen molar-refractivity contribution in [3.05, 3.63) is 24.0 Å². The molecular formula is C11H14FN3O3S. The lowest BCUT2D eigenvalue weighted by Crippen LogP contribution is -2.50. The molecule has 1 heterocycles. The highest BCUT2D eigenvalue weighted by Crippen LogP contribution is 2.18. The predicted molar refractivity (Wildman–Crippen MR) is 67.2 cm³/mol. The van der Waals surface area contributed by atoms with E-state index < -0.39 is 32.7 Å². The first-order valence-corrected chi connectivity index (χ1v) is 7.23. The molecule has 1 amide bonds. The van der Waals surface area contributed by atoms with Crippen molar-refractivity contribution in [2.75, 3.05) is 12.3 Å². The van der Waals surface area contributed by atoms with Gasteiger partial charge in [-0.05, 0) is 31.0 Å². The van der Waals surface area contributed by atoms with Gasteiger partial charge in [-0.3, -0.25) is 4.79 Å². The van der Waals surface area contributed by atoms with Gasteiger partial charge in [0.2, 0.25) is 15.9 Å². The van der Waals surface area contributed by atoms with Crippen molar-refractivity contribution in [1.29, 1.82) is 0 Å². The number of nitrogens with two attached hydrogens (primary N) is 1. The molecule has 6 nitrogen and oxygen atoms in total. The molecule has 1 saturated heterocycles. The second-order valence-corrected chi connectivity index (χ2v) is 5.98. The van der Waals surface area contributed by atoms with Crippen molar-refractivity contribution in [2.45, 2.75) is 23.8 Å². The van der Waals surface area contributed by atoms with E-state index >= 15 is 0 Å². The van der Waals surface area contributed by atoms with Crippen LogP contribution in [0.15, 0.2) is 23.1 Å². The number of sulfonamides is 1. The maximum Gasteiger partial charge on any atom is 0.244 e. The Morgan fingerprint density at radius 2 is 2.16 bits per heavy atom. The van der Waals surface area contributed by atoms with Crippen molar-refractivity contribution in [3.63, 3.8) is 0 Å². The molecule has 0 spiro atoms. The van der Waals surface area contributed by atoms with E-state index in [1.165, 1.54) is 6.07 Å². The van der Waals surface area contributed by atoms with Gasteiger partial charge in [-0.25, -0.2) is 12.8 Å². The van der Waals surface area contributed by atoms with Crippen LogP contribution in [-0.4, -0.2) is 26.9 Å². The molecular weight excluding hydrogens is 273 g/mol. The molecule has 4 N–H and O–H groups in total. The summed E-state index contributed by atoms with van der Waals surface area (Å²) in [5.74, 6) is -1.31. The van der Waals surface area contributed by atoms with Crippen molar-refractivity contribution >= 4 is 21.6 Å². The molecule has 1 atom stereocenters. The first kappa shape index (κ1) is 13.8. The van der Waals surface area contributed by atoms with Gasteiger partial charge in [0.15, 0.2) is 0 Å². The maximum atomic E-state index is 13.5. The van der Waals surface area contributed by atoms with Crippen LogP contribution in [0.1, 0.15) is 12.8 Å². The summed E-state index contributed by atoms with van der Waals surface area (Å²) in [5.41, 5.74) is 5.58. The molecule has 0 saturated carbocycles. The predicted octanol–water partition coefficient (Wildman–Crippen LogP) is -0.0352. The molecule has 8 heteroatoms. The molecule has 0 aliphatic carbocycles. The van der Waals surface area contributed by atoms with Crippen LogP contribution in [-0.2, 0) is 14.8 Å². The molecule has 1 aromatic rings. The number of amides is 1. The van der Waals surface area contributed by atoms with E-state index in [4.69, 9.17) is 5.73 Å². The van der Waals surface area contributed by atoms with Gasteiger partial charge in [0.25, 0.3) is 0 Å². The third-order valence-electron chi connectivity index (χ3n) is 2.83. The second kappa shape index (κ2) is 5.14. The van der Waals surface area contributed by atoms with Crippen molar-refractivity contribution < 1.29 is 17.6 Å². The zero-order valence-corrected chi connectivity index (χ0v) is 10.8. The smallest absolute Gasteiger partial charge is 0.244 e. The Morgan fingerprint density at radius 3 is 2.84 bits per heavy atom. The first-order chi connectivity index (χ1) is 8.90. The number of rotatable bonds is 3. The average Bonchev–Trinajstić information content (AvgIpc) is 2.35. The molecule has 1 unspecified atom stereocenters. The number of benzene rings is 1. The summed E-state index contributed by atoms with van der Waals surface area (Å²) in [4.78, 5) is 10.9. The molecule has 2 rings (SSSR count). The first-order valence-electron chi connectivity index (χ1n) is 5.75. The number of halogens is 1. The zero-order valence-electron chi connectivity index (χ0n) is 10.0. The highest BCUT2D eigenvalue weighted by atomic mass is 32.2. The lowest BCUT2D eigenvalue weighted by atomic mass is 10.1. The van der Waals surface area contributed by atoms with Gasteiger partial charge in [-0.1, -0.05) is 0 Å². The number of carbonyl (C=O) groups is 1. The minimum Gasteiger partial charge on any atom is -0.399 e.